The Bertz CT molecular complexity index is 423. The molecule has 2 heteroatoms. The topological polar surface area (TPSA) is 12.9 Å². The van der Waals surface area contributed by atoms with E-state index in [1.54, 1.807) is 11.3 Å². The lowest BCUT2D eigenvalue weighted by Crippen LogP contribution is -2.11. The molecule has 1 aromatic heterocycles. The van der Waals surface area contributed by atoms with Gasteiger partial charge in [0.15, 0.2) is 0 Å². The van der Waals surface area contributed by atoms with Gasteiger partial charge < -0.3 is 0 Å². The standard InChI is InChI=1S/C11H13NS/c1-11(2,3)8-5-4-6-9-10(8)12-7-13-9/h4-7H,1-3H3. The zero-order chi connectivity index (χ0) is 9.47. The number of para-hydroxylation sites is 1. The Morgan fingerprint density at radius 3 is 2.69 bits per heavy atom. The average Bonchev–Trinajstić information content (AvgIpc) is 2.48. The predicted octanol–water partition coefficient (Wildman–Crippen LogP) is 3.59. The zero-order valence-electron chi connectivity index (χ0n) is 8.16. The van der Waals surface area contributed by atoms with Crippen molar-refractivity contribution in [2.75, 3.05) is 0 Å². The summed E-state index contributed by atoms with van der Waals surface area (Å²) in [6.45, 7) is 6.67. The van der Waals surface area contributed by atoms with Crippen molar-refractivity contribution in [3.8, 4) is 0 Å². The van der Waals surface area contributed by atoms with Gasteiger partial charge in [0.05, 0.1) is 15.7 Å². The summed E-state index contributed by atoms with van der Waals surface area (Å²) >= 11 is 1.71. The monoisotopic (exact) mass is 191 g/mol. The molecule has 0 spiro atoms. The van der Waals surface area contributed by atoms with Gasteiger partial charge in [0.1, 0.15) is 0 Å². The molecule has 1 aromatic carbocycles. The fraction of sp³-hybridized carbons (Fsp3) is 0.364. The van der Waals surface area contributed by atoms with Crippen LogP contribution in [0.2, 0.25) is 0 Å². The van der Waals surface area contributed by atoms with Crippen LogP contribution in [0.4, 0.5) is 0 Å². The lowest BCUT2D eigenvalue weighted by atomic mass is 9.86. The summed E-state index contributed by atoms with van der Waals surface area (Å²) in [4.78, 5) is 4.40. The third-order valence-corrected chi connectivity index (χ3v) is 2.96. The maximum atomic E-state index is 4.40. The molecular formula is C11H13NS. The van der Waals surface area contributed by atoms with Crippen molar-refractivity contribution in [1.29, 1.82) is 0 Å². The van der Waals surface area contributed by atoms with Gasteiger partial charge in [-0.1, -0.05) is 32.9 Å². The van der Waals surface area contributed by atoms with E-state index in [0.29, 0.717) is 0 Å². The molecule has 0 unspecified atom stereocenters. The molecule has 0 bridgehead atoms. The lowest BCUT2D eigenvalue weighted by molar-refractivity contribution is 0.595. The van der Waals surface area contributed by atoms with E-state index in [1.807, 2.05) is 5.51 Å². The summed E-state index contributed by atoms with van der Waals surface area (Å²) in [7, 11) is 0. The van der Waals surface area contributed by atoms with Crippen LogP contribution in [-0.4, -0.2) is 4.98 Å². The number of thiazole rings is 1. The van der Waals surface area contributed by atoms with Crippen molar-refractivity contribution in [1.82, 2.24) is 4.98 Å². The van der Waals surface area contributed by atoms with Gasteiger partial charge in [-0.05, 0) is 17.0 Å². The highest BCUT2D eigenvalue weighted by Crippen LogP contribution is 2.30. The molecule has 1 nitrogen and oxygen atoms in total. The Morgan fingerprint density at radius 1 is 1.23 bits per heavy atom. The number of hydrogen-bond donors (Lipinski definition) is 0. The van der Waals surface area contributed by atoms with Gasteiger partial charge in [-0.2, -0.15) is 0 Å². The van der Waals surface area contributed by atoms with E-state index in [4.69, 9.17) is 0 Å². The summed E-state index contributed by atoms with van der Waals surface area (Å²) in [5, 5.41) is 0. The van der Waals surface area contributed by atoms with E-state index in [1.165, 1.54) is 15.8 Å². The van der Waals surface area contributed by atoms with E-state index in [0.717, 1.165) is 0 Å². The first-order valence-electron chi connectivity index (χ1n) is 4.42. The Balaban J connectivity index is 2.75. The molecule has 13 heavy (non-hydrogen) atoms. The van der Waals surface area contributed by atoms with Gasteiger partial charge in [0, 0.05) is 0 Å². The van der Waals surface area contributed by atoms with Crippen LogP contribution >= 0.6 is 11.3 Å². The van der Waals surface area contributed by atoms with Gasteiger partial charge >= 0.3 is 0 Å². The Hall–Kier alpha value is -0.890. The minimum Gasteiger partial charge on any atom is -0.244 e. The van der Waals surface area contributed by atoms with E-state index >= 15 is 0 Å². The van der Waals surface area contributed by atoms with Crippen LogP contribution in [0.25, 0.3) is 10.2 Å². The smallest absolute Gasteiger partial charge is 0.0849 e. The first-order chi connectivity index (χ1) is 6.09. The molecule has 0 aliphatic heterocycles. The van der Waals surface area contributed by atoms with Crippen LogP contribution in [0.1, 0.15) is 26.3 Å². The molecule has 0 fully saturated rings. The molecule has 2 aromatic rings. The van der Waals surface area contributed by atoms with Crippen molar-refractivity contribution >= 4 is 21.6 Å². The van der Waals surface area contributed by atoms with E-state index < -0.39 is 0 Å². The summed E-state index contributed by atoms with van der Waals surface area (Å²) in [6, 6.07) is 6.41. The number of aromatic nitrogens is 1. The minimum atomic E-state index is 0.188. The lowest BCUT2D eigenvalue weighted by Gasteiger charge is -2.19. The van der Waals surface area contributed by atoms with Gasteiger partial charge in [0.25, 0.3) is 0 Å². The number of fused-ring (bicyclic) bond motifs is 1. The summed E-state index contributed by atoms with van der Waals surface area (Å²) < 4.78 is 1.28. The first kappa shape index (κ1) is 8.70. The largest absolute Gasteiger partial charge is 0.244 e. The van der Waals surface area contributed by atoms with Crippen LogP contribution in [0.5, 0.6) is 0 Å². The molecule has 0 aliphatic carbocycles. The normalized spacial score (nSPS) is 12.2. The molecule has 0 radical (unpaired) electrons. The molecule has 0 aliphatic rings. The second kappa shape index (κ2) is 2.81. The molecule has 0 saturated heterocycles. The molecule has 0 amide bonds. The number of benzene rings is 1. The molecular weight excluding hydrogens is 178 g/mol. The van der Waals surface area contributed by atoms with Crippen molar-refractivity contribution in [2.45, 2.75) is 26.2 Å². The molecule has 0 atom stereocenters. The maximum Gasteiger partial charge on any atom is 0.0849 e. The Kier molecular flexibility index (Phi) is 1.88. The van der Waals surface area contributed by atoms with Crippen LogP contribution in [0.3, 0.4) is 0 Å². The minimum absolute atomic E-state index is 0.188. The maximum absolute atomic E-state index is 4.40. The van der Waals surface area contributed by atoms with Crippen LogP contribution in [-0.2, 0) is 5.41 Å². The Morgan fingerprint density at radius 2 is 2.00 bits per heavy atom. The molecule has 68 valence electrons. The summed E-state index contributed by atoms with van der Waals surface area (Å²) in [6.07, 6.45) is 0. The number of rotatable bonds is 0. The Labute approximate surface area is 82.4 Å². The average molecular weight is 191 g/mol. The fourth-order valence-electron chi connectivity index (χ4n) is 1.49. The second-order valence-corrected chi connectivity index (χ2v) is 5.14. The zero-order valence-corrected chi connectivity index (χ0v) is 8.98. The quantitative estimate of drug-likeness (QED) is 0.620. The summed E-state index contributed by atoms with van der Waals surface area (Å²) in [5.41, 5.74) is 4.61. The highest BCUT2D eigenvalue weighted by molar-refractivity contribution is 7.16. The van der Waals surface area contributed by atoms with Crippen LogP contribution < -0.4 is 0 Å². The second-order valence-electron chi connectivity index (χ2n) is 4.25. The highest BCUT2D eigenvalue weighted by atomic mass is 32.1. The predicted molar refractivity (Wildman–Crippen MR) is 58.3 cm³/mol. The molecule has 0 saturated carbocycles. The van der Waals surface area contributed by atoms with Crippen molar-refractivity contribution in [2.24, 2.45) is 0 Å². The first-order valence-corrected chi connectivity index (χ1v) is 5.30. The molecule has 0 N–H and O–H groups in total. The third-order valence-electron chi connectivity index (χ3n) is 2.17. The van der Waals surface area contributed by atoms with Gasteiger partial charge in [0.2, 0.25) is 0 Å². The fourth-order valence-corrected chi connectivity index (χ4v) is 2.19. The number of nitrogens with zero attached hydrogens (tertiary/aromatic N) is 1. The van der Waals surface area contributed by atoms with Crippen LogP contribution in [0, 0.1) is 0 Å². The van der Waals surface area contributed by atoms with E-state index in [-0.39, 0.29) is 5.41 Å². The van der Waals surface area contributed by atoms with Crippen molar-refractivity contribution < 1.29 is 0 Å². The van der Waals surface area contributed by atoms with Gasteiger partial charge in [-0.3, -0.25) is 0 Å². The number of hydrogen-bond acceptors (Lipinski definition) is 2. The third kappa shape index (κ3) is 1.46. The van der Waals surface area contributed by atoms with Crippen molar-refractivity contribution in [3.63, 3.8) is 0 Å². The molecule has 2 rings (SSSR count). The van der Waals surface area contributed by atoms with E-state index in [9.17, 15) is 0 Å². The molecule has 1 heterocycles. The van der Waals surface area contributed by atoms with Crippen LogP contribution in [0.15, 0.2) is 23.7 Å². The van der Waals surface area contributed by atoms with Crippen molar-refractivity contribution in [3.05, 3.63) is 29.3 Å². The summed E-state index contributed by atoms with van der Waals surface area (Å²) in [5.74, 6) is 0. The van der Waals surface area contributed by atoms with Gasteiger partial charge in [-0.15, -0.1) is 11.3 Å². The SMILES string of the molecule is CC(C)(C)c1cccc2scnc12. The highest BCUT2D eigenvalue weighted by Gasteiger charge is 2.17. The van der Waals surface area contributed by atoms with E-state index in [2.05, 4.69) is 44.0 Å². The van der Waals surface area contributed by atoms with Gasteiger partial charge in [-0.25, -0.2) is 4.98 Å².